The second kappa shape index (κ2) is 9.81. The lowest BCUT2D eigenvalue weighted by Crippen LogP contribution is -2.01. The van der Waals surface area contributed by atoms with Gasteiger partial charge >= 0.3 is 5.97 Å². The summed E-state index contributed by atoms with van der Waals surface area (Å²) in [6.07, 6.45) is 9.49. The molecule has 0 aliphatic heterocycles. The number of aryl methyl sites for hydroxylation is 1. The molecule has 0 saturated heterocycles. The fraction of sp³-hybridized carbons (Fsp3) is 0.688. The van der Waals surface area contributed by atoms with E-state index in [4.69, 9.17) is 9.84 Å². The van der Waals surface area contributed by atoms with Crippen LogP contribution in [0.1, 0.15) is 73.3 Å². The second-order valence-corrected chi connectivity index (χ2v) is 6.17. The van der Waals surface area contributed by atoms with E-state index in [1.54, 1.807) is 0 Å². The molecule has 0 atom stereocenters. The fourth-order valence-corrected chi connectivity index (χ4v) is 2.97. The van der Waals surface area contributed by atoms with E-state index in [1.807, 2.05) is 13.0 Å². The Kier molecular flexibility index (Phi) is 8.35. The minimum atomic E-state index is -0.885. The van der Waals surface area contributed by atoms with Gasteiger partial charge in [0.1, 0.15) is 5.75 Å². The highest BCUT2D eigenvalue weighted by atomic mass is 32.1. The minimum Gasteiger partial charge on any atom is -0.492 e. The lowest BCUT2D eigenvalue weighted by atomic mass is 10.1. The van der Waals surface area contributed by atoms with Gasteiger partial charge < -0.3 is 9.84 Å². The van der Waals surface area contributed by atoms with Gasteiger partial charge in [-0.2, -0.15) is 0 Å². The lowest BCUT2D eigenvalue weighted by Gasteiger charge is -2.05. The molecular formula is C16H26O3S. The van der Waals surface area contributed by atoms with Crippen molar-refractivity contribution in [2.75, 3.05) is 6.61 Å². The molecule has 1 heterocycles. The Hall–Kier alpha value is -1.03. The molecule has 0 bridgehead atoms. The molecule has 0 amide bonds. The maximum Gasteiger partial charge on any atom is 0.349 e. The quantitative estimate of drug-likeness (QED) is 0.575. The summed E-state index contributed by atoms with van der Waals surface area (Å²) in [6.45, 7) is 4.87. The first kappa shape index (κ1) is 17.0. The highest BCUT2D eigenvalue weighted by Gasteiger charge is 2.15. The zero-order chi connectivity index (χ0) is 14.8. The molecule has 114 valence electrons. The Labute approximate surface area is 126 Å². The zero-order valence-corrected chi connectivity index (χ0v) is 13.4. The highest BCUT2D eigenvalue weighted by Crippen LogP contribution is 2.30. The summed E-state index contributed by atoms with van der Waals surface area (Å²) in [5, 5.41) is 9.13. The molecule has 0 fully saturated rings. The Balaban J connectivity index is 2.24. The van der Waals surface area contributed by atoms with Crippen molar-refractivity contribution in [1.82, 2.24) is 0 Å². The van der Waals surface area contributed by atoms with Crippen LogP contribution in [0.3, 0.4) is 0 Å². The summed E-state index contributed by atoms with van der Waals surface area (Å²) in [6, 6.07) is 1.87. The maximum absolute atomic E-state index is 11.1. The first-order chi connectivity index (χ1) is 9.69. The standard InChI is InChI=1S/C16H26O3S/c1-3-5-6-7-8-9-10-11-19-14-12-13(4-2)20-15(14)16(17)18/h12H,3-11H2,1-2H3,(H,17,18). The average molecular weight is 298 g/mol. The van der Waals surface area contributed by atoms with Crippen LogP contribution in [0.25, 0.3) is 0 Å². The number of unbranched alkanes of at least 4 members (excludes halogenated alkanes) is 6. The smallest absolute Gasteiger partial charge is 0.349 e. The Morgan fingerprint density at radius 1 is 1.15 bits per heavy atom. The van der Waals surface area contributed by atoms with Gasteiger partial charge in [0.2, 0.25) is 0 Å². The van der Waals surface area contributed by atoms with Crippen molar-refractivity contribution in [3.05, 3.63) is 15.8 Å². The van der Waals surface area contributed by atoms with Crippen LogP contribution in [-0.4, -0.2) is 17.7 Å². The highest BCUT2D eigenvalue weighted by molar-refractivity contribution is 7.14. The van der Waals surface area contributed by atoms with Crippen molar-refractivity contribution in [2.24, 2.45) is 0 Å². The second-order valence-electron chi connectivity index (χ2n) is 5.03. The van der Waals surface area contributed by atoms with Crippen molar-refractivity contribution in [3.8, 4) is 5.75 Å². The Bertz CT molecular complexity index is 398. The van der Waals surface area contributed by atoms with E-state index in [-0.39, 0.29) is 0 Å². The van der Waals surface area contributed by atoms with Gasteiger partial charge in [0.25, 0.3) is 0 Å². The molecule has 0 spiro atoms. The molecule has 1 aromatic rings. The summed E-state index contributed by atoms with van der Waals surface area (Å²) < 4.78 is 5.64. The minimum absolute atomic E-state index is 0.338. The van der Waals surface area contributed by atoms with Crippen molar-refractivity contribution in [3.63, 3.8) is 0 Å². The maximum atomic E-state index is 11.1. The van der Waals surface area contributed by atoms with E-state index in [0.29, 0.717) is 17.2 Å². The molecule has 4 heteroatoms. The van der Waals surface area contributed by atoms with Crippen LogP contribution in [0.4, 0.5) is 0 Å². The first-order valence-corrected chi connectivity index (χ1v) is 8.49. The zero-order valence-electron chi connectivity index (χ0n) is 12.6. The number of hydrogen-bond acceptors (Lipinski definition) is 3. The Morgan fingerprint density at radius 2 is 1.80 bits per heavy atom. The van der Waals surface area contributed by atoms with Crippen LogP contribution in [0.15, 0.2) is 6.07 Å². The topological polar surface area (TPSA) is 46.5 Å². The summed E-state index contributed by atoms with van der Waals surface area (Å²) >= 11 is 1.32. The number of carboxylic acids is 1. The number of carboxylic acid groups (broad SMARTS) is 1. The van der Waals surface area contributed by atoms with Gasteiger partial charge in [-0.3, -0.25) is 0 Å². The summed E-state index contributed by atoms with van der Waals surface area (Å²) in [4.78, 5) is 12.5. The first-order valence-electron chi connectivity index (χ1n) is 7.67. The molecule has 0 aromatic carbocycles. The van der Waals surface area contributed by atoms with E-state index in [2.05, 4.69) is 6.92 Å². The molecule has 1 rings (SSSR count). The van der Waals surface area contributed by atoms with Gasteiger partial charge in [0.15, 0.2) is 4.88 Å². The molecule has 1 N–H and O–H groups in total. The molecular weight excluding hydrogens is 272 g/mol. The van der Waals surface area contributed by atoms with Crippen LogP contribution in [0, 0.1) is 0 Å². The van der Waals surface area contributed by atoms with Gasteiger partial charge in [-0.05, 0) is 18.9 Å². The number of thiophene rings is 1. The third-order valence-electron chi connectivity index (χ3n) is 3.30. The molecule has 3 nitrogen and oxygen atoms in total. The van der Waals surface area contributed by atoms with Crippen molar-refractivity contribution < 1.29 is 14.6 Å². The predicted octanol–water partition coefficient (Wildman–Crippen LogP) is 5.14. The molecule has 0 saturated carbocycles. The Morgan fingerprint density at radius 3 is 2.40 bits per heavy atom. The summed E-state index contributed by atoms with van der Waals surface area (Å²) in [5.74, 6) is -0.338. The molecule has 0 aliphatic rings. The number of hydrogen-bond donors (Lipinski definition) is 1. The van der Waals surface area contributed by atoms with Crippen LogP contribution >= 0.6 is 11.3 Å². The third-order valence-corrected chi connectivity index (χ3v) is 4.55. The van der Waals surface area contributed by atoms with Crippen LogP contribution < -0.4 is 4.74 Å². The van der Waals surface area contributed by atoms with E-state index in [9.17, 15) is 4.79 Å². The van der Waals surface area contributed by atoms with Gasteiger partial charge in [-0.1, -0.05) is 52.4 Å². The van der Waals surface area contributed by atoms with Gasteiger partial charge in [-0.15, -0.1) is 11.3 Å². The molecule has 1 aromatic heterocycles. The van der Waals surface area contributed by atoms with Gasteiger partial charge in [-0.25, -0.2) is 4.79 Å². The van der Waals surface area contributed by atoms with Crippen LogP contribution in [-0.2, 0) is 6.42 Å². The third kappa shape index (κ3) is 5.95. The monoisotopic (exact) mass is 298 g/mol. The number of rotatable bonds is 11. The largest absolute Gasteiger partial charge is 0.492 e. The van der Waals surface area contributed by atoms with Gasteiger partial charge in [0.05, 0.1) is 6.61 Å². The van der Waals surface area contributed by atoms with E-state index in [1.165, 1.54) is 43.4 Å². The molecule has 0 aliphatic carbocycles. The molecule has 0 radical (unpaired) electrons. The number of aromatic carboxylic acids is 1. The van der Waals surface area contributed by atoms with Crippen molar-refractivity contribution in [2.45, 2.75) is 65.2 Å². The van der Waals surface area contributed by atoms with E-state index < -0.39 is 5.97 Å². The number of carbonyl (C=O) groups is 1. The van der Waals surface area contributed by atoms with Crippen molar-refractivity contribution in [1.29, 1.82) is 0 Å². The molecule has 0 unspecified atom stereocenters. The van der Waals surface area contributed by atoms with Crippen LogP contribution in [0.5, 0.6) is 5.75 Å². The number of ether oxygens (including phenoxy) is 1. The molecule has 20 heavy (non-hydrogen) atoms. The fourth-order valence-electron chi connectivity index (χ4n) is 2.09. The summed E-state index contributed by atoms with van der Waals surface area (Å²) in [5.41, 5.74) is 0. The van der Waals surface area contributed by atoms with Crippen LogP contribution in [0.2, 0.25) is 0 Å². The average Bonchev–Trinajstić information content (AvgIpc) is 2.85. The van der Waals surface area contributed by atoms with Gasteiger partial charge in [0, 0.05) is 4.88 Å². The normalized spacial score (nSPS) is 10.7. The van der Waals surface area contributed by atoms with Crippen molar-refractivity contribution >= 4 is 17.3 Å². The van der Waals surface area contributed by atoms with E-state index in [0.717, 1.165) is 24.1 Å². The SMILES string of the molecule is CCCCCCCCCOc1cc(CC)sc1C(=O)O. The predicted molar refractivity (Wildman–Crippen MR) is 84.1 cm³/mol. The van der Waals surface area contributed by atoms with E-state index >= 15 is 0 Å². The summed E-state index contributed by atoms with van der Waals surface area (Å²) in [7, 11) is 0. The lowest BCUT2D eigenvalue weighted by molar-refractivity contribution is 0.0698.